The van der Waals surface area contributed by atoms with Crippen molar-refractivity contribution in [2.45, 2.75) is 6.42 Å². The van der Waals surface area contributed by atoms with Crippen LogP contribution in [-0.4, -0.2) is 18.6 Å². The van der Waals surface area contributed by atoms with Gasteiger partial charge in [-0.2, -0.15) is 0 Å². The predicted octanol–water partition coefficient (Wildman–Crippen LogP) is 1.54. The minimum Gasteiger partial charge on any atom is -0.408 e. The zero-order valence-corrected chi connectivity index (χ0v) is 9.02. The van der Waals surface area contributed by atoms with Crippen LogP contribution in [0.2, 0.25) is 5.02 Å². The molecule has 5 heteroatoms. The quantitative estimate of drug-likeness (QED) is 0.835. The molecular weight excluding hydrogens is 216 g/mol. The van der Waals surface area contributed by atoms with Crippen molar-refractivity contribution in [2.24, 2.45) is 0 Å². The first-order valence-corrected chi connectivity index (χ1v) is 5.04. The normalized spacial score (nSPS) is 11.1. The van der Waals surface area contributed by atoms with E-state index in [4.69, 9.17) is 16.0 Å². The average Bonchev–Trinajstić information content (AvgIpc) is 2.56. The Kier molecular flexibility index (Phi) is 2.79. The van der Waals surface area contributed by atoms with Gasteiger partial charge in [0.05, 0.1) is 5.02 Å². The van der Waals surface area contributed by atoms with Crippen molar-refractivity contribution in [2.75, 3.05) is 13.6 Å². The lowest BCUT2D eigenvalue weighted by Crippen LogP contribution is -2.10. The van der Waals surface area contributed by atoms with Crippen LogP contribution in [0.1, 0.15) is 5.56 Å². The Morgan fingerprint density at radius 2 is 2.33 bits per heavy atom. The largest absolute Gasteiger partial charge is 0.417 e. The van der Waals surface area contributed by atoms with Gasteiger partial charge in [-0.3, -0.25) is 4.98 Å². The second-order valence-corrected chi connectivity index (χ2v) is 3.73. The summed E-state index contributed by atoms with van der Waals surface area (Å²) < 4.78 is 4.95. The first-order valence-electron chi connectivity index (χ1n) is 4.66. The summed E-state index contributed by atoms with van der Waals surface area (Å²) >= 11 is 6.00. The topological polar surface area (TPSA) is 58.0 Å². The van der Waals surface area contributed by atoms with Gasteiger partial charge < -0.3 is 9.73 Å². The SMILES string of the molecule is CNCCc1cc(Cl)c2[nH]c(=O)oc2c1. The van der Waals surface area contributed by atoms with Gasteiger partial charge in [-0.15, -0.1) is 0 Å². The Hall–Kier alpha value is -1.26. The highest BCUT2D eigenvalue weighted by Gasteiger charge is 2.07. The van der Waals surface area contributed by atoms with E-state index in [1.165, 1.54) is 0 Å². The fourth-order valence-corrected chi connectivity index (χ4v) is 1.76. The van der Waals surface area contributed by atoms with E-state index in [9.17, 15) is 4.79 Å². The van der Waals surface area contributed by atoms with Crippen molar-refractivity contribution in [3.63, 3.8) is 0 Å². The molecule has 15 heavy (non-hydrogen) atoms. The molecule has 0 amide bonds. The van der Waals surface area contributed by atoms with Crippen LogP contribution in [-0.2, 0) is 6.42 Å². The van der Waals surface area contributed by atoms with Crippen molar-refractivity contribution in [3.8, 4) is 0 Å². The van der Waals surface area contributed by atoms with Crippen molar-refractivity contribution in [1.29, 1.82) is 0 Å². The lowest BCUT2D eigenvalue weighted by atomic mass is 10.1. The van der Waals surface area contributed by atoms with Gasteiger partial charge in [-0.05, 0) is 37.7 Å². The first kappa shape index (κ1) is 10.3. The molecule has 2 aromatic rings. The van der Waals surface area contributed by atoms with Gasteiger partial charge in [0.25, 0.3) is 0 Å². The number of likely N-dealkylation sites (N-methyl/N-ethyl adjacent to an activating group) is 1. The Balaban J connectivity index is 2.47. The molecule has 1 aromatic heterocycles. The molecule has 0 saturated carbocycles. The van der Waals surface area contributed by atoms with Crippen molar-refractivity contribution < 1.29 is 4.42 Å². The van der Waals surface area contributed by atoms with Crippen LogP contribution < -0.4 is 11.1 Å². The number of rotatable bonds is 3. The van der Waals surface area contributed by atoms with E-state index in [0.717, 1.165) is 18.5 Å². The van der Waals surface area contributed by atoms with Crippen LogP contribution >= 0.6 is 11.6 Å². The number of benzene rings is 1. The van der Waals surface area contributed by atoms with E-state index in [2.05, 4.69) is 10.3 Å². The third kappa shape index (κ3) is 2.06. The van der Waals surface area contributed by atoms with E-state index >= 15 is 0 Å². The summed E-state index contributed by atoms with van der Waals surface area (Å²) in [5.41, 5.74) is 2.12. The third-order valence-corrected chi connectivity index (χ3v) is 2.51. The fraction of sp³-hybridized carbons (Fsp3) is 0.300. The van der Waals surface area contributed by atoms with Gasteiger partial charge in [-0.1, -0.05) is 11.6 Å². The molecule has 0 spiro atoms. The molecular formula is C10H11ClN2O2. The molecule has 80 valence electrons. The molecule has 0 saturated heterocycles. The third-order valence-electron chi connectivity index (χ3n) is 2.21. The monoisotopic (exact) mass is 226 g/mol. The number of aromatic nitrogens is 1. The fourth-order valence-electron chi connectivity index (χ4n) is 1.48. The van der Waals surface area contributed by atoms with E-state index in [0.29, 0.717) is 16.1 Å². The minimum absolute atomic E-state index is 0.474. The Bertz CT molecular complexity index is 530. The van der Waals surface area contributed by atoms with Crippen LogP contribution in [0.4, 0.5) is 0 Å². The predicted molar refractivity (Wildman–Crippen MR) is 59.5 cm³/mol. The number of nitrogens with one attached hydrogen (secondary N) is 2. The van der Waals surface area contributed by atoms with Gasteiger partial charge in [-0.25, -0.2) is 4.79 Å². The number of H-pyrrole nitrogens is 1. The standard InChI is InChI=1S/C10H11ClN2O2/c1-12-3-2-6-4-7(11)9-8(5-6)15-10(14)13-9/h4-5,12H,2-3H2,1H3,(H,13,14). The highest BCUT2D eigenvalue weighted by Crippen LogP contribution is 2.22. The number of hydrogen-bond acceptors (Lipinski definition) is 3. The zero-order valence-electron chi connectivity index (χ0n) is 8.26. The lowest BCUT2D eigenvalue weighted by Gasteiger charge is -2.01. The number of fused-ring (bicyclic) bond motifs is 1. The van der Waals surface area contributed by atoms with Gasteiger partial charge >= 0.3 is 5.76 Å². The molecule has 0 bridgehead atoms. The summed E-state index contributed by atoms with van der Waals surface area (Å²) in [5.74, 6) is -0.474. The lowest BCUT2D eigenvalue weighted by molar-refractivity contribution is 0.555. The molecule has 1 heterocycles. The van der Waals surface area contributed by atoms with Gasteiger partial charge in [0.1, 0.15) is 5.52 Å². The Morgan fingerprint density at radius 1 is 1.53 bits per heavy atom. The first-order chi connectivity index (χ1) is 7.20. The molecule has 0 aliphatic heterocycles. The van der Waals surface area contributed by atoms with E-state index in [1.807, 2.05) is 19.2 Å². The number of hydrogen-bond donors (Lipinski definition) is 2. The van der Waals surface area contributed by atoms with Crippen molar-refractivity contribution >= 4 is 22.7 Å². The number of halogens is 1. The second-order valence-electron chi connectivity index (χ2n) is 3.32. The number of aromatic amines is 1. The molecule has 0 aliphatic carbocycles. The van der Waals surface area contributed by atoms with Crippen molar-refractivity contribution in [3.05, 3.63) is 33.3 Å². The molecule has 0 unspecified atom stereocenters. The maximum absolute atomic E-state index is 11.0. The maximum Gasteiger partial charge on any atom is 0.417 e. The van der Waals surface area contributed by atoms with Crippen molar-refractivity contribution in [1.82, 2.24) is 10.3 Å². The van der Waals surface area contributed by atoms with Gasteiger partial charge in [0, 0.05) is 0 Å². The summed E-state index contributed by atoms with van der Waals surface area (Å²) in [6.07, 6.45) is 0.848. The van der Waals surface area contributed by atoms with E-state index in [-0.39, 0.29) is 0 Å². The molecule has 1 aromatic carbocycles. The highest BCUT2D eigenvalue weighted by molar-refractivity contribution is 6.34. The zero-order chi connectivity index (χ0) is 10.8. The van der Waals surface area contributed by atoms with Crippen LogP contribution in [0, 0.1) is 0 Å². The molecule has 2 rings (SSSR count). The van der Waals surface area contributed by atoms with Crippen LogP contribution in [0.15, 0.2) is 21.3 Å². The minimum atomic E-state index is -0.474. The highest BCUT2D eigenvalue weighted by atomic mass is 35.5. The van der Waals surface area contributed by atoms with Crippen LogP contribution in [0.25, 0.3) is 11.1 Å². The summed E-state index contributed by atoms with van der Waals surface area (Å²) in [6, 6.07) is 3.67. The second kappa shape index (κ2) is 4.08. The summed E-state index contributed by atoms with van der Waals surface area (Å²) in [7, 11) is 1.89. The molecule has 0 radical (unpaired) electrons. The summed E-state index contributed by atoms with van der Waals surface area (Å²) in [6.45, 7) is 0.858. The van der Waals surface area contributed by atoms with Gasteiger partial charge in [0.2, 0.25) is 0 Å². The molecule has 2 N–H and O–H groups in total. The van der Waals surface area contributed by atoms with E-state index < -0.39 is 5.76 Å². The summed E-state index contributed by atoms with van der Waals surface area (Å²) in [5, 5.41) is 3.56. The average molecular weight is 227 g/mol. The molecule has 0 atom stereocenters. The molecule has 0 aliphatic rings. The van der Waals surface area contributed by atoms with Crippen LogP contribution in [0.5, 0.6) is 0 Å². The Morgan fingerprint density at radius 3 is 3.07 bits per heavy atom. The van der Waals surface area contributed by atoms with Crippen LogP contribution in [0.3, 0.4) is 0 Å². The maximum atomic E-state index is 11.0. The van der Waals surface area contributed by atoms with Gasteiger partial charge in [0.15, 0.2) is 5.58 Å². The number of oxazole rings is 1. The smallest absolute Gasteiger partial charge is 0.408 e. The summed E-state index contributed by atoms with van der Waals surface area (Å²) in [4.78, 5) is 13.5. The molecule has 4 nitrogen and oxygen atoms in total. The Labute approximate surface area is 91.2 Å². The van der Waals surface area contributed by atoms with E-state index in [1.54, 1.807) is 0 Å². The molecule has 0 fully saturated rings.